The molecule has 0 aromatic heterocycles. The molecule has 0 bridgehead atoms. The average molecular weight is 481 g/mol. The normalized spacial score (nSPS) is 40.1. The second kappa shape index (κ2) is 9.65. The van der Waals surface area contributed by atoms with Crippen molar-refractivity contribution in [3.8, 4) is 0 Å². The van der Waals surface area contributed by atoms with Gasteiger partial charge in [-0.25, -0.2) is 4.39 Å². The summed E-state index contributed by atoms with van der Waals surface area (Å²) in [7, 11) is 1.48. The summed E-state index contributed by atoms with van der Waals surface area (Å²) in [5, 5.41) is 0. The molecule has 4 nitrogen and oxygen atoms in total. The summed E-state index contributed by atoms with van der Waals surface area (Å²) in [6.07, 6.45) is 11.1. The Morgan fingerprint density at radius 3 is 2.44 bits per heavy atom. The molecule has 1 aliphatic heterocycles. The van der Waals surface area contributed by atoms with Crippen LogP contribution < -0.4 is 0 Å². The standard InChI is InChI=1S/C29H49FO4/c1-20(8-7-14-26(2,3)30)22-9-10-23-21-11-17-29(33-18-19-34-29)28(5,16-13-25(31)32-6)24(21)12-15-27(22,23)4/h20-24H,7-19H2,1-6H3/t20-,21+,22-,23+,24+,27-,28-/m1/s1. The molecule has 0 N–H and O–H groups in total. The van der Waals surface area contributed by atoms with E-state index in [4.69, 9.17) is 14.2 Å². The summed E-state index contributed by atoms with van der Waals surface area (Å²) < 4.78 is 31.8. The maximum absolute atomic E-state index is 14.0. The third-order valence-corrected chi connectivity index (χ3v) is 11.0. The maximum Gasteiger partial charge on any atom is 0.305 e. The van der Waals surface area contributed by atoms with Gasteiger partial charge in [0.15, 0.2) is 5.79 Å². The predicted octanol–water partition coefficient (Wildman–Crippen LogP) is 7.10. The predicted molar refractivity (Wildman–Crippen MR) is 132 cm³/mol. The van der Waals surface area contributed by atoms with Gasteiger partial charge in [0.05, 0.1) is 20.3 Å². The molecule has 0 unspecified atom stereocenters. The highest BCUT2D eigenvalue weighted by molar-refractivity contribution is 5.69. The molecule has 1 spiro atoms. The number of alkyl halides is 1. The third kappa shape index (κ3) is 4.58. The topological polar surface area (TPSA) is 44.8 Å². The van der Waals surface area contributed by atoms with Crippen LogP contribution in [-0.4, -0.2) is 37.7 Å². The number of rotatable bonds is 8. The van der Waals surface area contributed by atoms with Gasteiger partial charge in [0.25, 0.3) is 0 Å². The van der Waals surface area contributed by atoms with Gasteiger partial charge >= 0.3 is 5.97 Å². The zero-order valence-corrected chi connectivity index (χ0v) is 22.6. The van der Waals surface area contributed by atoms with E-state index in [1.54, 1.807) is 13.8 Å². The number of halogens is 1. The van der Waals surface area contributed by atoms with Crippen LogP contribution in [0.15, 0.2) is 0 Å². The fraction of sp³-hybridized carbons (Fsp3) is 0.966. The van der Waals surface area contributed by atoms with Gasteiger partial charge in [-0.15, -0.1) is 0 Å². The van der Waals surface area contributed by atoms with Crippen molar-refractivity contribution < 1.29 is 23.4 Å². The molecule has 7 atom stereocenters. The fourth-order valence-electron chi connectivity index (χ4n) is 9.20. The number of esters is 1. The van der Waals surface area contributed by atoms with Crippen LogP contribution in [0.5, 0.6) is 0 Å². The Morgan fingerprint density at radius 2 is 1.79 bits per heavy atom. The first kappa shape index (κ1) is 26.4. The highest BCUT2D eigenvalue weighted by atomic mass is 19.1. The van der Waals surface area contributed by atoms with Crippen molar-refractivity contribution in [2.75, 3.05) is 20.3 Å². The van der Waals surface area contributed by atoms with Gasteiger partial charge in [0.2, 0.25) is 0 Å². The summed E-state index contributed by atoms with van der Waals surface area (Å²) in [4.78, 5) is 12.1. The molecule has 4 aliphatic rings. The summed E-state index contributed by atoms with van der Waals surface area (Å²) in [6.45, 7) is 12.1. The minimum absolute atomic E-state index is 0.136. The summed E-state index contributed by atoms with van der Waals surface area (Å²) >= 11 is 0. The van der Waals surface area contributed by atoms with Gasteiger partial charge in [0, 0.05) is 18.3 Å². The van der Waals surface area contributed by atoms with Gasteiger partial charge in [0.1, 0.15) is 5.67 Å². The number of carbonyl (C=O) groups is 1. The smallest absolute Gasteiger partial charge is 0.305 e. The Bertz CT molecular complexity index is 726. The Morgan fingerprint density at radius 1 is 1.09 bits per heavy atom. The molecule has 3 aliphatic carbocycles. The first-order chi connectivity index (χ1) is 16.0. The van der Waals surface area contributed by atoms with E-state index in [1.165, 1.54) is 32.8 Å². The molecular weight excluding hydrogens is 431 g/mol. The van der Waals surface area contributed by atoms with Crippen LogP contribution in [0.3, 0.4) is 0 Å². The largest absolute Gasteiger partial charge is 0.469 e. The highest BCUT2D eigenvalue weighted by Gasteiger charge is 2.65. The number of carbonyl (C=O) groups excluding carboxylic acids is 1. The Labute approximate surface area is 207 Å². The quantitative estimate of drug-likeness (QED) is 0.348. The molecule has 1 heterocycles. The van der Waals surface area contributed by atoms with Crippen LogP contribution in [0.25, 0.3) is 0 Å². The van der Waals surface area contributed by atoms with E-state index in [0.717, 1.165) is 43.9 Å². The number of methoxy groups -OCH3 is 1. The Kier molecular flexibility index (Phi) is 7.49. The van der Waals surface area contributed by atoms with Crippen LogP contribution in [-0.2, 0) is 19.0 Å². The number of ether oxygens (including phenoxy) is 3. The number of fused-ring (bicyclic) bond motifs is 3. The van der Waals surface area contributed by atoms with E-state index in [1.807, 2.05) is 0 Å². The van der Waals surface area contributed by atoms with Crippen LogP contribution in [0.4, 0.5) is 4.39 Å². The molecule has 5 heteroatoms. The van der Waals surface area contributed by atoms with Gasteiger partial charge in [-0.1, -0.05) is 33.6 Å². The second-order valence-corrected chi connectivity index (χ2v) is 13.2. The fourth-order valence-corrected chi connectivity index (χ4v) is 9.20. The van der Waals surface area contributed by atoms with Crippen molar-refractivity contribution in [2.45, 2.75) is 117 Å². The number of hydrogen-bond donors (Lipinski definition) is 0. The molecule has 0 aromatic carbocycles. The molecule has 34 heavy (non-hydrogen) atoms. The molecular formula is C29H49FO4. The van der Waals surface area contributed by atoms with Crippen molar-refractivity contribution in [1.29, 1.82) is 0 Å². The van der Waals surface area contributed by atoms with Crippen molar-refractivity contribution in [3.05, 3.63) is 0 Å². The lowest BCUT2D eigenvalue weighted by Gasteiger charge is -2.61. The molecule has 4 rings (SSSR count). The summed E-state index contributed by atoms with van der Waals surface area (Å²) in [6, 6.07) is 0. The van der Waals surface area contributed by atoms with Crippen molar-refractivity contribution in [2.24, 2.45) is 40.4 Å². The lowest BCUT2D eigenvalue weighted by molar-refractivity contribution is -0.292. The van der Waals surface area contributed by atoms with Gasteiger partial charge in [-0.05, 0) is 93.8 Å². The zero-order chi connectivity index (χ0) is 24.8. The van der Waals surface area contributed by atoms with Gasteiger partial charge < -0.3 is 14.2 Å². The number of hydrogen-bond acceptors (Lipinski definition) is 4. The average Bonchev–Trinajstić information content (AvgIpc) is 3.39. The summed E-state index contributed by atoms with van der Waals surface area (Å²) in [5.41, 5.74) is -0.855. The van der Waals surface area contributed by atoms with Crippen LogP contribution >= 0.6 is 0 Å². The third-order valence-electron chi connectivity index (χ3n) is 11.0. The highest BCUT2D eigenvalue weighted by Crippen LogP contribution is 2.69. The molecule has 4 fully saturated rings. The van der Waals surface area contributed by atoms with Crippen LogP contribution in [0.1, 0.15) is 105 Å². The van der Waals surface area contributed by atoms with E-state index in [9.17, 15) is 9.18 Å². The second-order valence-electron chi connectivity index (χ2n) is 13.2. The van der Waals surface area contributed by atoms with Crippen molar-refractivity contribution in [1.82, 2.24) is 0 Å². The molecule has 0 amide bonds. The van der Waals surface area contributed by atoms with E-state index in [0.29, 0.717) is 49.2 Å². The lowest BCUT2D eigenvalue weighted by atomic mass is 9.46. The minimum Gasteiger partial charge on any atom is -0.469 e. The Hall–Kier alpha value is -0.680. The van der Waals surface area contributed by atoms with Gasteiger partial charge in [-0.2, -0.15) is 0 Å². The van der Waals surface area contributed by atoms with Crippen molar-refractivity contribution >= 4 is 5.97 Å². The molecule has 1 saturated heterocycles. The van der Waals surface area contributed by atoms with E-state index in [-0.39, 0.29) is 11.4 Å². The van der Waals surface area contributed by atoms with E-state index >= 15 is 0 Å². The maximum atomic E-state index is 14.0. The molecule has 3 saturated carbocycles. The first-order valence-electron chi connectivity index (χ1n) is 14.0. The molecule has 196 valence electrons. The van der Waals surface area contributed by atoms with Gasteiger partial charge in [-0.3, -0.25) is 4.79 Å². The molecule has 0 aromatic rings. The van der Waals surface area contributed by atoms with E-state index in [2.05, 4.69) is 20.8 Å². The minimum atomic E-state index is -1.06. The summed E-state index contributed by atoms with van der Waals surface area (Å²) in [5.74, 6) is 2.62. The lowest BCUT2D eigenvalue weighted by Crippen LogP contribution is -2.60. The van der Waals surface area contributed by atoms with Crippen molar-refractivity contribution in [3.63, 3.8) is 0 Å². The van der Waals surface area contributed by atoms with Crippen LogP contribution in [0.2, 0.25) is 0 Å². The SMILES string of the molecule is COC(=O)CC[C@]1(C)[C@H]2CC[C@]3(C)[C@@H]([C@H](C)CCCC(C)(C)F)CC[C@H]3[C@@H]2CCC12OCCO2. The van der Waals surface area contributed by atoms with Crippen LogP contribution in [0, 0.1) is 40.4 Å². The monoisotopic (exact) mass is 480 g/mol. The molecule has 0 radical (unpaired) electrons. The first-order valence-corrected chi connectivity index (χ1v) is 14.0. The van der Waals surface area contributed by atoms with E-state index < -0.39 is 11.5 Å². The Balaban J connectivity index is 1.51. The zero-order valence-electron chi connectivity index (χ0n) is 22.6.